The third-order valence-corrected chi connectivity index (χ3v) is 2.34. The van der Waals surface area contributed by atoms with Crippen LogP contribution in [-0.2, 0) is 9.59 Å². The molecule has 0 bridgehead atoms. The van der Waals surface area contributed by atoms with Gasteiger partial charge in [-0.3, -0.25) is 9.59 Å². The van der Waals surface area contributed by atoms with Gasteiger partial charge in [-0.15, -0.1) is 0 Å². The van der Waals surface area contributed by atoms with Gasteiger partial charge >= 0.3 is 12.0 Å². The molecule has 1 unspecified atom stereocenters. The Bertz CT molecular complexity index is 318. The van der Waals surface area contributed by atoms with E-state index in [2.05, 4.69) is 16.0 Å². The number of hydrogen-bond donors (Lipinski definition) is 4. The number of carboxylic acid groups (broad SMARTS) is 1. The predicted molar refractivity (Wildman–Crippen MR) is 70.8 cm³/mol. The number of carboxylic acids is 1. The highest BCUT2D eigenvalue weighted by Gasteiger charge is 2.13. The molecule has 0 aromatic heterocycles. The average Bonchev–Trinajstić information content (AvgIpc) is 2.26. The molecule has 1 atom stereocenters. The molecule has 0 radical (unpaired) electrons. The van der Waals surface area contributed by atoms with E-state index in [9.17, 15) is 14.4 Å². The number of nitrogens with one attached hydrogen (secondary N) is 3. The summed E-state index contributed by atoms with van der Waals surface area (Å²) in [5, 5.41) is 16.4. The molecule has 3 amide bonds. The quantitative estimate of drug-likeness (QED) is 0.515. The van der Waals surface area contributed by atoms with Gasteiger partial charge in [-0.25, -0.2) is 4.79 Å². The van der Waals surface area contributed by atoms with Crippen molar-refractivity contribution in [1.29, 1.82) is 0 Å². The number of carbonyl (C=O) groups is 3. The van der Waals surface area contributed by atoms with Crippen LogP contribution >= 0.6 is 0 Å². The van der Waals surface area contributed by atoms with Crippen molar-refractivity contribution in [1.82, 2.24) is 16.0 Å². The first kappa shape index (κ1) is 17.2. The van der Waals surface area contributed by atoms with Crippen LogP contribution < -0.4 is 16.0 Å². The SMILES string of the molecule is CCC(CC(=O)O)NC(=O)NCCC(=O)NC(C)C. The van der Waals surface area contributed by atoms with Gasteiger partial charge in [0, 0.05) is 25.0 Å². The van der Waals surface area contributed by atoms with E-state index in [1.54, 1.807) is 6.92 Å². The van der Waals surface area contributed by atoms with Crippen LogP contribution in [0, 0.1) is 0 Å². The zero-order chi connectivity index (χ0) is 14.8. The molecule has 0 aliphatic rings. The molecule has 0 saturated heterocycles. The van der Waals surface area contributed by atoms with Crippen molar-refractivity contribution in [3.63, 3.8) is 0 Å². The Kier molecular flexibility index (Phi) is 8.32. The Morgan fingerprint density at radius 2 is 1.79 bits per heavy atom. The second-order valence-corrected chi connectivity index (χ2v) is 4.58. The molecular weight excluding hydrogens is 250 g/mol. The normalized spacial score (nSPS) is 11.8. The number of aliphatic carboxylic acids is 1. The highest BCUT2D eigenvalue weighted by atomic mass is 16.4. The van der Waals surface area contributed by atoms with Gasteiger partial charge in [0.1, 0.15) is 0 Å². The predicted octanol–water partition coefficient (Wildman–Crippen LogP) is 0.454. The summed E-state index contributed by atoms with van der Waals surface area (Å²) in [6, 6.07) is -0.784. The molecule has 0 spiro atoms. The van der Waals surface area contributed by atoms with Gasteiger partial charge < -0.3 is 21.1 Å². The highest BCUT2D eigenvalue weighted by molar-refractivity contribution is 5.78. The molecule has 0 saturated carbocycles. The van der Waals surface area contributed by atoms with Crippen LogP contribution in [-0.4, -0.2) is 41.6 Å². The van der Waals surface area contributed by atoms with E-state index in [1.807, 2.05) is 13.8 Å². The largest absolute Gasteiger partial charge is 0.481 e. The van der Waals surface area contributed by atoms with Gasteiger partial charge in [0.05, 0.1) is 6.42 Å². The molecule has 7 nitrogen and oxygen atoms in total. The summed E-state index contributed by atoms with van der Waals surface area (Å²) < 4.78 is 0. The van der Waals surface area contributed by atoms with Gasteiger partial charge in [-0.2, -0.15) is 0 Å². The Balaban J connectivity index is 3.85. The molecule has 19 heavy (non-hydrogen) atoms. The van der Waals surface area contributed by atoms with Gasteiger partial charge in [-0.05, 0) is 20.3 Å². The van der Waals surface area contributed by atoms with Crippen molar-refractivity contribution < 1.29 is 19.5 Å². The maximum absolute atomic E-state index is 11.5. The summed E-state index contributed by atoms with van der Waals surface area (Å²) in [6.07, 6.45) is 0.618. The molecule has 0 fully saturated rings. The summed E-state index contributed by atoms with van der Waals surface area (Å²) in [7, 11) is 0. The van der Waals surface area contributed by atoms with Crippen LogP contribution in [0.2, 0.25) is 0 Å². The topological polar surface area (TPSA) is 108 Å². The lowest BCUT2D eigenvalue weighted by Gasteiger charge is -2.15. The summed E-state index contributed by atoms with van der Waals surface area (Å²) in [5.74, 6) is -1.09. The van der Waals surface area contributed by atoms with Crippen molar-refractivity contribution in [2.45, 2.75) is 52.1 Å². The summed E-state index contributed by atoms with van der Waals surface area (Å²) >= 11 is 0. The van der Waals surface area contributed by atoms with Crippen LogP contribution in [0.25, 0.3) is 0 Å². The van der Waals surface area contributed by atoms with Crippen molar-refractivity contribution in [2.24, 2.45) is 0 Å². The van der Waals surface area contributed by atoms with Crippen LogP contribution in [0.1, 0.15) is 40.0 Å². The second-order valence-electron chi connectivity index (χ2n) is 4.58. The Morgan fingerprint density at radius 3 is 2.26 bits per heavy atom. The first-order valence-corrected chi connectivity index (χ1v) is 6.40. The first-order valence-electron chi connectivity index (χ1n) is 6.40. The van der Waals surface area contributed by atoms with Gasteiger partial charge in [-0.1, -0.05) is 6.92 Å². The molecule has 4 N–H and O–H groups in total. The van der Waals surface area contributed by atoms with Crippen LogP contribution in [0.3, 0.4) is 0 Å². The monoisotopic (exact) mass is 273 g/mol. The number of urea groups is 1. The lowest BCUT2D eigenvalue weighted by atomic mass is 10.1. The van der Waals surface area contributed by atoms with E-state index in [4.69, 9.17) is 5.11 Å². The van der Waals surface area contributed by atoms with E-state index >= 15 is 0 Å². The number of amides is 3. The Hall–Kier alpha value is -1.79. The average molecular weight is 273 g/mol. The van der Waals surface area contributed by atoms with Crippen molar-refractivity contribution >= 4 is 17.9 Å². The fourth-order valence-corrected chi connectivity index (χ4v) is 1.43. The van der Waals surface area contributed by atoms with E-state index in [-0.39, 0.29) is 31.3 Å². The van der Waals surface area contributed by atoms with Crippen molar-refractivity contribution in [3.8, 4) is 0 Å². The standard InChI is InChI=1S/C12H23N3O4/c1-4-9(7-11(17)18)15-12(19)13-6-5-10(16)14-8(2)3/h8-9H,4-7H2,1-3H3,(H,14,16)(H,17,18)(H2,13,15,19). The first-order chi connectivity index (χ1) is 8.85. The summed E-state index contributed by atoms with van der Waals surface area (Å²) in [4.78, 5) is 33.3. The molecule has 0 heterocycles. The third-order valence-electron chi connectivity index (χ3n) is 2.34. The minimum atomic E-state index is -0.955. The second kappa shape index (κ2) is 9.18. The zero-order valence-corrected chi connectivity index (χ0v) is 11.7. The van der Waals surface area contributed by atoms with Crippen molar-refractivity contribution in [2.75, 3.05) is 6.54 Å². The minimum absolute atomic E-state index is 0.0707. The van der Waals surface area contributed by atoms with Crippen LogP contribution in [0.5, 0.6) is 0 Å². The molecule has 110 valence electrons. The summed E-state index contributed by atoms with van der Waals surface area (Å²) in [5.41, 5.74) is 0. The molecule has 0 aromatic rings. The van der Waals surface area contributed by atoms with E-state index in [1.165, 1.54) is 0 Å². The van der Waals surface area contributed by atoms with E-state index in [0.29, 0.717) is 6.42 Å². The van der Waals surface area contributed by atoms with Crippen LogP contribution in [0.4, 0.5) is 4.79 Å². The van der Waals surface area contributed by atoms with Gasteiger partial charge in [0.2, 0.25) is 5.91 Å². The van der Waals surface area contributed by atoms with Gasteiger partial charge in [0.25, 0.3) is 0 Å². The molecular formula is C12H23N3O4. The highest BCUT2D eigenvalue weighted by Crippen LogP contribution is 1.97. The molecule has 7 heteroatoms. The van der Waals surface area contributed by atoms with E-state index < -0.39 is 18.0 Å². The lowest BCUT2D eigenvalue weighted by molar-refractivity contribution is -0.137. The third kappa shape index (κ3) is 9.87. The number of rotatable bonds is 8. The maximum atomic E-state index is 11.5. The molecule has 0 aliphatic carbocycles. The van der Waals surface area contributed by atoms with Crippen molar-refractivity contribution in [3.05, 3.63) is 0 Å². The Labute approximate surface area is 113 Å². The van der Waals surface area contributed by atoms with E-state index in [0.717, 1.165) is 0 Å². The fourth-order valence-electron chi connectivity index (χ4n) is 1.43. The number of hydrogen-bond acceptors (Lipinski definition) is 3. The van der Waals surface area contributed by atoms with Gasteiger partial charge in [0.15, 0.2) is 0 Å². The maximum Gasteiger partial charge on any atom is 0.315 e. The van der Waals surface area contributed by atoms with Crippen LogP contribution in [0.15, 0.2) is 0 Å². The zero-order valence-electron chi connectivity index (χ0n) is 11.7. The number of carbonyl (C=O) groups excluding carboxylic acids is 2. The Morgan fingerprint density at radius 1 is 1.16 bits per heavy atom. The smallest absolute Gasteiger partial charge is 0.315 e. The molecule has 0 aromatic carbocycles. The fraction of sp³-hybridized carbons (Fsp3) is 0.750. The molecule has 0 aliphatic heterocycles. The molecule has 0 rings (SSSR count). The summed E-state index contributed by atoms with van der Waals surface area (Å²) in [6.45, 7) is 5.73. The lowest BCUT2D eigenvalue weighted by Crippen LogP contribution is -2.44. The minimum Gasteiger partial charge on any atom is -0.481 e.